The van der Waals surface area contributed by atoms with Crippen LogP contribution in [-0.2, 0) is 6.54 Å². The van der Waals surface area contributed by atoms with Gasteiger partial charge in [-0.15, -0.1) is 0 Å². The van der Waals surface area contributed by atoms with Crippen molar-refractivity contribution in [2.75, 3.05) is 13.1 Å². The van der Waals surface area contributed by atoms with E-state index in [1.165, 1.54) is 18.4 Å². The van der Waals surface area contributed by atoms with E-state index in [0.29, 0.717) is 5.56 Å². The van der Waals surface area contributed by atoms with Crippen LogP contribution in [0.2, 0.25) is 0 Å². The maximum Gasteiger partial charge on any atom is 0.251 e. The molecule has 1 amide bonds. The molecule has 1 aliphatic heterocycles. The van der Waals surface area contributed by atoms with E-state index in [1.54, 1.807) is 0 Å². The van der Waals surface area contributed by atoms with Gasteiger partial charge in [-0.25, -0.2) is 0 Å². The van der Waals surface area contributed by atoms with E-state index in [1.807, 2.05) is 18.2 Å². The third-order valence-corrected chi connectivity index (χ3v) is 4.84. The number of amides is 1. The number of benzene rings is 1. The molecule has 22 heavy (non-hydrogen) atoms. The molecule has 2 N–H and O–H groups in total. The Bertz CT molecular complexity index is 512. The Labute approximate surface area is 132 Å². The minimum atomic E-state index is -0.398. The van der Waals surface area contributed by atoms with Gasteiger partial charge in [0.1, 0.15) is 0 Å². The van der Waals surface area contributed by atoms with E-state index in [4.69, 9.17) is 0 Å². The van der Waals surface area contributed by atoms with Crippen molar-refractivity contribution in [1.29, 1.82) is 0 Å². The highest BCUT2D eigenvalue weighted by Crippen LogP contribution is 2.19. The second-order valence-corrected chi connectivity index (χ2v) is 6.62. The number of carbonyl (C=O) groups is 1. The van der Waals surface area contributed by atoms with Crippen molar-refractivity contribution < 1.29 is 9.90 Å². The van der Waals surface area contributed by atoms with Crippen molar-refractivity contribution in [3.05, 3.63) is 35.4 Å². The van der Waals surface area contributed by atoms with E-state index in [-0.39, 0.29) is 11.9 Å². The first kappa shape index (κ1) is 15.5. The van der Waals surface area contributed by atoms with Crippen LogP contribution in [0.4, 0.5) is 0 Å². The summed E-state index contributed by atoms with van der Waals surface area (Å²) in [6.07, 6.45) is 5.96. The summed E-state index contributed by atoms with van der Waals surface area (Å²) in [5.74, 6) is -0.0609. The van der Waals surface area contributed by atoms with Crippen molar-refractivity contribution in [2.24, 2.45) is 0 Å². The maximum atomic E-state index is 12.4. The topological polar surface area (TPSA) is 52.6 Å². The van der Waals surface area contributed by atoms with Gasteiger partial charge in [-0.1, -0.05) is 25.0 Å². The molecule has 0 radical (unpaired) electrons. The Kier molecular flexibility index (Phi) is 5.11. The highest BCUT2D eigenvalue weighted by molar-refractivity contribution is 5.94. The molecule has 2 aliphatic rings. The van der Waals surface area contributed by atoms with Gasteiger partial charge in [-0.05, 0) is 56.5 Å². The standard InChI is InChI=1S/C18H26N2O2/c21-17-9-2-1-8-16(17)19-18(22)15-7-5-6-14(12-15)13-20-10-3-4-11-20/h5-7,12,16-17,21H,1-4,8-11,13H2,(H,19,22). The minimum absolute atomic E-state index is 0.0609. The van der Waals surface area contributed by atoms with Crippen LogP contribution in [0.25, 0.3) is 0 Å². The number of aliphatic hydroxyl groups excluding tert-OH is 1. The van der Waals surface area contributed by atoms with Gasteiger partial charge in [-0.3, -0.25) is 9.69 Å². The molecule has 1 aliphatic carbocycles. The summed E-state index contributed by atoms with van der Waals surface area (Å²) in [6.45, 7) is 3.24. The number of hydrogen-bond donors (Lipinski definition) is 2. The first-order valence-electron chi connectivity index (χ1n) is 8.52. The van der Waals surface area contributed by atoms with Gasteiger partial charge in [0.15, 0.2) is 0 Å². The van der Waals surface area contributed by atoms with Crippen LogP contribution in [0, 0.1) is 0 Å². The van der Waals surface area contributed by atoms with Crippen LogP contribution in [0.5, 0.6) is 0 Å². The van der Waals surface area contributed by atoms with Gasteiger partial charge < -0.3 is 10.4 Å². The molecule has 120 valence electrons. The lowest BCUT2D eigenvalue weighted by Gasteiger charge is -2.28. The molecule has 0 aromatic heterocycles. The molecule has 2 atom stereocenters. The number of hydrogen-bond acceptors (Lipinski definition) is 3. The Morgan fingerprint density at radius 3 is 2.73 bits per heavy atom. The quantitative estimate of drug-likeness (QED) is 0.897. The number of nitrogens with zero attached hydrogens (tertiary/aromatic N) is 1. The van der Waals surface area contributed by atoms with E-state index in [9.17, 15) is 9.90 Å². The number of carbonyl (C=O) groups excluding carboxylic acids is 1. The largest absolute Gasteiger partial charge is 0.391 e. The van der Waals surface area contributed by atoms with Crippen molar-refractivity contribution >= 4 is 5.91 Å². The fourth-order valence-electron chi connectivity index (χ4n) is 3.54. The third kappa shape index (κ3) is 3.87. The predicted octanol–water partition coefficient (Wildman–Crippen LogP) is 2.32. The van der Waals surface area contributed by atoms with Crippen LogP contribution >= 0.6 is 0 Å². The van der Waals surface area contributed by atoms with Gasteiger partial charge in [0.25, 0.3) is 5.91 Å². The Morgan fingerprint density at radius 1 is 1.18 bits per heavy atom. The van der Waals surface area contributed by atoms with E-state index in [2.05, 4.69) is 16.3 Å². The van der Waals surface area contributed by atoms with Crippen molar-refractivity contribution in [3.8, 4) is 0 Å². The van der Waals surface area contributed by atoms with Crippen LogP contribution < -0.4 is 5.32 Å². The molecular weight excluding hydrogens is 276 g/mol. The SMILES string of the molecule is O=C(NC1CCCCC1O)c1cccc(CN2CCCC2)c1. The van der Waals surface area contributed by atoms with Gasteiger partial charge in [0.05, 0.1) is 12.1 Å². The Hall–Kier alpha value is -1.39. The molecule has 4 heteroatoms. The molecule has 0 spiro atoms. The minimum Gasteiger partial charge on any atom is -0.391 e. The molecule has 2 unspecified atom stereocenters. The molecule has 3 rings (SSSR count). The highest BCUT2D eigenvalue weighted by atomic mass is 16.3. The second kappa shape index (κ2) is 7.25. The maximum absolute atomic E-state index is 12.4. The average Bonchev–Trinajstić information content (AvgIpc) is 3.03. The lowest BCUT2D eigenvalue weighted by molar-refractivity contribution is 0.0717. The molecular formula is C18H26N2O2. The summed E-state index contributed by atoms with van der Waals surface area (Å²) in [5, 5.41) is 13.0. The number of rotatable bonds is 4. The fraction of sp³-hybridized carbons (Fsp3) is 0.611. The van der Waals surface area contributed by atoms with Gasteiger partial charge in [0, 0.05) is 12.1 Å². The first-order chi connectivity index (χ1) is 10.7. The molecule has 1 aromatic carbocycles. The molecule has 4 nitrogen and oxygen atoms in total. The molecule has 2 fully saturated rings. The normalized spacial score (nSPS) is 26.0. The number of nitrogens with one attached hydrogen (secondary N) is 1. The predicted molar refractivity (Wildman–Crippen MR) is 86.7 cm³/mol. The van der Waals surface area contributed by atoms with Crippen LogP contribution in [0.3, 0.4) is 0 Å². The van der Waals surface area contributed by atoms with Crippen LogP contribution in [-0.4, -0.2) is 41.1 Å². The van der Waals surface area contributed by atoms with Crippen molar-refractivity contribution in [3.63, 3.8) is 0 Å². The lowest BCUT2D eigenvalue weighted by Crippen LogP contribution is -2.45. The third-order valence-electron chi connectivity index (χ3n) is 4.84. The zero-order chi connectivity index (χ0) is 15.4. The molecule has 1 heterocycles. The fourth-order valence-corrected chi connectivity index (χ4v) is 3.54. The molecule has 1 saturated carbocycles. The Morgan fingerprint density at radius 2 is 1.95 bits per heavy atom. The summed E-state index contributed by atoms with van der Waals surface area (Å²) in [5.41, 5.74) is 1.90. The number of likely N-dealkylation sites (tertiary alicyclic amines) is 1. The van der Waals surface area contributed by atoms with Gasteiger partial charge in [-0.2, -0.15) is 0 Å². The van der Waals surface area contributed by atoms with Crippen molar-refractivity contribution in [2.45, 2.75) is 57.2 Å². The summed E-state index contributed by atoms with van der Waals surface area (Å²) < 4.78 is 0. The van der Waals surface area contributed by atoms with Crippen molar-refractivity contribution in [1.82, 2.24) is 10.2 Å². The lowest BCUT2D eigenvalue weighted by atomic mass is 9.92. The monoisotopic (exact) mass is 302 g/mol. The summed E-state index contributed by atoms with van der Waals surface area (Å²) in [4.78, 5) is 14.8. The van der Waals surface area contributed by atoms with Crippen LogP contribution in [0.15, 0.2) is 24.3 Å². The Balaban J connectivity index is 1.61. The highest BCUT2D eigenvalue weighted by Gasteiger charge is 2.24. The zero-order valence-electron chi connectivity index (χ0n) is 13.1. The summed E-state index contributed by atoms with van der Waals surface area (Å²) in [7, 11) is 0. The smallest absolute Gasteiger partial charge is 0.251 e. The summed E-state index contributed by atoms with van der Waals surface area (Å²) in [6, 6.07) is 7.80. The second-order valence-electron chi connectivity index (χ2n) is 6.62. The van der Waals surface area contributed by atoms with Crippen LogP contribution in [0.1, 0.15) is 54.4 Å². The van der Waals surface area contributed by atoms with Gasteiger partial charge >= 0.3 is 0 Å². The first-order valence-corrected chi connectivity index (χ1v) is 8.52. The average molecular weight is 302 g/mol. The van der Waals surface area contributed by atoms with E-state index < -0.39 is 6.10 Å². The summed E-state index contributed by atoms with van der Waals surface area (Å²) >= 11 is 0. The van der Waals surface area contributed by atoms with E-state index >= 15 is 0 Å². The van der Waals surface area contributed by atoms with Gasteiger partial charge in [0.2, 0.25) is 0 Å². The molecule has 1 aromatic rings. The number of aliphatic hydroxyl groups is 1. The molecule has 1 saturated heterocycles. The molecule has 0 bridgehead atoms. The van der Waals surface area contributed by atoms with E-state index in [0.717, 1.165) is 45.3 Å². The zero-order valence-corrected chi connectivity index (χ0v) is 13.1.